The van der Waals surface area contributed by atoms with Gasteiger partial charge < -0.3 is 10.6 Å². The zero-order valence-corrected chi connectivity index (χ0v) is 13.5. The predicted octanol–water partition coefficient (Wildman–Crippen LogP) is 3.59. The molecule has 0 aliphatic carbocycles. The summed E-state index contributed by atoms with van der Waals surface area (Å²) in [6.45, 7) is 2.92. The average molecular weight is 344 g/mol. The molecule has 2 aromatic carbocycles. The SMILES string of the molecule is CC1(Cc2ccccc2)CN=C(N)N1c1cccc(Br)c1. The van der Waals surface area contributed by atoms with Crippen LogP contribution in [0.3, 0.4) is 0 Å². The van der Waals surface area contributed by atoms with Crippen molar-refractivity contribution in [3.63, 3.8) is 0 Å². The Morgan fingerprint density at radius 3 is 2.67 bits per heavy atom. The molecule has 1 unspecified atom stereocenters. The van der Waals surface area contributed by atoms with Gasteiger partial charge in [0.2, 0.25) is 0 Å². The minimum atomic E-state index is -0.133. The molecule has 0 aromatic heterocycles. The van der Waals surface area contributed by atoms with E-state index in [0.717, 1.165) is 16.6 Å². The highest BCUT2D eigenvalue weighted by Gasteiger charge is 2.39. The van der Waals surface area contributed by atoms with Gasteiger partial charge in [0.15, 0.2) is 5.96 Å². The number of nitrogens with zero attached hydrogens (tertiary/aromatic N) is 2. The molecule has 0 fully saturated rings. The molecule has 1 aliphatic rings. The van der Waals surface area contributed by atoms with Crippen molar-refractivity contribution >= 4 is 27.6 Å². The Labute approximate surface area is 133 Å². The Bertz CT molecular complexity index is 669. The van der Waals surface area contributed by atoms with Gasteiger partial charge in [-0.1, -0.05) is 52.3 Å². The topological polar surface area (TPSA) is 41.6 Å². The van der Waals surface area contributed by atoms with Gasteiger partial charge in [-0.15, -0.1) is 0 Å². The van der Waals surface area contributed by atoms with E-state index in [4.69, 9.17) is 5.73 Å². The first-order valence-corrected chi connectivity index (χ1v) is 7.77. The van der Waals surface area contributed by atoms with Gasteiger partial charge in [0.05, 0.1) is 12.1 Å². The van der Waals surface area contributed by atoms with Gasteiger partial charge in [0.25, 0.3) is 0 Å². The van der Waals surface area contributed by atoms with Crippen LogP contribution in [-0.4, -0.2) is 18.0 Å². The largest absolute Gasteiger partial charge is 0.369 e. The van der Waals surface area contributed by atoms with E-state index >= 15 is 0 Å². The molecule has 2 N–H and O–H groups in total. The van der Waals surface area contributed by atoms with E-state index in [1.165, 1.54) is 5.56 Å². The van der Waals surface area contributed by atoms with Crippen LogP contribution in [-0.2, 0) is 6.42 Å². The molecular formula is C17H18BrN3. The van der Waals surface area contributed by atoms with E-state index in [1.54, 1.807) is 0 Å². The van der Waals surface area contributed by atoms with Crippen LogP contribution in [0.4, 0.5) is 5.69 Å². The summed E-state index contributed by atoms with van der Waals surface area (Å²) in [5.41, 5.74) is 8.39. The lowest BCUT2D eigenvalue weighted by atomic mass is 9.91. The van der Waals surface area contributed by atoms with Crippen molar-refractivity contribution in [3.8, 4) is 0 Å². The van der Waals surface area contributed by atoms with Gasteiger partial charge >= 0.3 is 0 Å². The van der Waals surface area contributed by atoms with Gasteiger partial charge in [-0.3, -0.25) is 4.99 Å². The summed E-state index contributed by atoms with van der Waals surface area (Å²) in [4.78, 5) is 6.62. The maximum Gasteiger partial charge on any atom is 0.196 e. The van der Waals surface area contributed by atoms with E-state index in [9.17, 15) is 0 Å². The number of halogens is 1. The number of hydrogen-bond donors (Lipinski definition) is 1. The van der Waals surface area contributed by atoms with Gasteiger partial charge in [0.1, 0.15) is 0 Å². The summed E-state index contributed by atoms with van der Waals surface area (Å²) in [7, 11) is 0. The lowest BCUT2D eigenvalue weighted by molar-refractivity contribution is 0.499. The number of nitrogens with two attached hydrogens (primary N) is 1. The molecule has 0 radical (unpaired) electrons. The molecule has 0 amide bonds. The van der Waals surface area contributed by atoms with Crippen molar-refractivity contribution < 1.29 is 0 Å². The number of anilines is 1. The maximum atomic E-state index is 6.15. The summed E-state index contributed by atoms with van der Waals surface area (Å²) >= 11 is 3.53. The number of rotatable bonds is 3. The first kappa shape index (κ1) is 14.1. The molecule has 0 saturated carbocycles. The highest BCUT2D eigenvalue weighted by atomic mass is 79.9. The Kier molecular flexibility index (Phi) is 3.72. The van der Waals surface area contributed by atoms with Gasteiger partial charge in [-0.05, 0) is 37.1 Å². The van der Waals surface area contributed by atoms with E-state index in [2.05, 4.69) is 69.1 Å². The van der Waals surface area contributed by atoms with E-state index in [1.807, 2.05) is 18.2 Å². The number of guanidine groups is 1. The quantitative estimate of drug-likeness (QED) is 0.925. The molecule has 108 valence electrons. The first-order valence-electron chi connectivity index (χ1n) is 6.98. The second kappa shape index (κ2) is 5.53. The lowest BCUT2D eigenvalue weighted by Crippen LogP contribution is -2.51. The number of benzene rings is 2. The minimum Gasteiger partial charge on any atom is -0.369 e. The molecule has 2 aromatic rings. The second-order valence-electron chi connectivity index (χ2n) is 5.65. The van der Waals surface area contributed by atoms with E-state index in [-0.39, 0.29) is 5.54 Å². The van der Waals surface area contributed by atoms with Gasteiger partial charge in [-0.2, -0.15) is 0 Å². The van der Waals surface area contributed by atoms with Crippen LogP contribution >= 0.6 is 15.9 Å². The first-order chi connectivity index (χ1) is 10.1. The molecule has 0 spiro atoms. The normalized spacial score (nSPS) is 21.4. The predicted molar refractivity (Wildman–Crippen MR) is 91.7 cm³/mol. The van der Waals surface area contributed by atoms with Crippen molar-refractivity contribution in [2.75, 3.05) is 11.4 Å². The van der Waals surface area contributed by atoms with Crippen LogP contribution in [0.1, 0.15) is 12.5 Å². The molecular weight excluding hydrogens is 326 g/mol. The Morgan fingerprint density at radius 2 is 1.95 bits per heavy atom. The molecule has 0 saturated heterocycles. The Morgan fingerprint density at radius 1 is 1.19 bits per heavy atom. The number of aliphatic imine (C=N–C) groups is 1. The molecule has 1 atom stereocenters. The third kappa shape index (κ3) is 2.81. The highest BCUT2D eigenvalue weighted by molar-refractivity contribution is 9.10. The number of hydrogen-bond acceptors (Lipinski definition) is 3. The monoisotopic (exact) mass is 343 g/mol. The summed E-state index contributed by atoms with van der Waals surface area (Å²) in [5.74, 6) is 0.589. The molecule has 1 aliphatic heterocycles. The van der Waals surface area contributed by atoms with Crippen molar-refractivity contribution in [2.45, 2.75) is 18.9 Å². The molecule has 4 heteroatoms. The minimum absolute atomic E-state index is 0.133. The Balaban J connectivity index is 1.94. The summed E-state index contributed by atoms with van der Waals surface area (Å²) in [6.07, 6.45) is 0.907. The van der Waals surface area contributed by atoms with Crippen molar-refractivity contribution in [2.24, 2.45) is 10.7 Å². The summed E-state index contributed by atoms with van der Waals surface area (Å²) in [6, 6.07) is 18.7. The average Bonchev–Trinajstić information content (AvgIpc) is 2.75. The Hall–Kier alpha value is -1.81. The van der Waals surface area contributed by atoms with Crippen LogP contribution in [0.15, 0.2) is 64.1 Å². The molecule has 3 rings (SSSR count). The zero-order chi connectivity index (χ0) is 14.9. The fraction of sp³-hybridized carbons (Fsp3) is 0.235. The van der Waals surface area contributed by atoms with Crippen molar-refractivity contribution in [3.05, 3.63) is 64.6 Å². The third-order valence-corrected chi connectivity index (χ3v) is 4.34. The smallest absolute Gasteiger partial charge is 0.196 e. The van der Waals surface area contributed by atoms with Crippen LogP contribution in [0.25, 0.3) is 0 Å². The lowest BCUT2D eigenvalue weighted by Gasteiger charge is -2.36. The van der Waals surface area contributed by atoms with Crippen LogP contribution in [0, 0.1) is 0 Å². The summed E-state index contributed by atoms with van der Waals surface area (Å²) < 4.78 is 1.04. The third-order valence-electron chi connectivity index (χ3n) is 3.84. The maximum absolute atomic E-state index is 6.15. The van der Waals surface area contributed by atoms with Crippen LogP contribution in [0.5, 0.6) is 0 Å². The van der Waals surface area contributed by atoms with Crippen molar-refractivity contribution in [1.29, 1.82) is 0 Å². The van der Waals surface area contributed by atoms with Crippen LogP contribution < -0.4 is 10.6 Å². The van der Waals surface area contributed by atoms with Crippen LogP contribution in [0.2, 0.25) is 0 Å². The zero-order valence-electron chi connectivity index (χ0n) is 12.0. The van der Waals surface area contributed by atoms with Gasteiger partial charge in [0, 0.05) is 10.2 Å². The van der Waals surface area contributed by atoms with E-state index in [0.29, 0.717) is 12.5 Å². The molecule has 0 bridgehead atoms. The van der Waals surface area contributed by atoms with E-state index < -0.39 is 0 Å². The fourth-order valence-electron chi connectivity index (χ4n) is 2.90. The molecule has 3 nitrogen and oxygen atoms in total. The van der Waals surface area contributed by atoms with Gasteiger partial charge in [-0.25, -0.2) is 0 Å². The fourth-order valence-corrected chi connectivity index (χ4v) is 3.29. The molecule has 21 heavy (non-hydrogen) atoms. The summed E-state index contributed by atoms with van der Waals surface area (Å²) in [5, 5.41) is 0. The second-order valence-corrected chi connectivity index (χ2v) is 6.56. The standard InChI is InChI=1S/C17H18BrN3/c1-17(11-13-6-3-2-4-7-13)12-20-16(19)21(17)15-9-5-8-14(18)10-15/h2-10H,11-12H2,1H3,(H2,19,20). The highest BCUT2D eigenvalue weighted by Crippen LogP contribution is 2.32. The van der Waals surface area contributed by atoms with Crippen molar-refractivity contribution in [1.82, 2.24) is 0 Å². The molecule has 1 heterocycles.